The summed E-state index contributed by atoms with van der Waals surface area (Å²) < 4.78 is 5.68. The summed E-state index contributed by atoms with van der Waals surface area (Å²) >= 11 is 6.14. The topological polar surface area (TPSA) is 29.5 Å². The van der Waals surface area contributed by atoms with Gasteiger partial charge in [0.05, 0.1) is 12.2 Å². The van der Waals surface area contributed by atoms with Gasteiger partial charge in [-0.1, -0.05) is 23.8 Å². The van der Waals surface area contributed by atoms with E-state index >= 15 is 0 Å². The number of hydrogen-bond acceptors (Lipinski definition) is 2. The average molecular weight is 265 g/mol. The molecule has 1 atom stereocenters. The molecule has 1 aromatic carbocycles. The highest BCUT2D eigenvalue weighted by molar-refractivity contribution is 6.30. The Labute approximate surface area is 112 Å². The maximum Gasteiger partial charge on any atom is 0.126 e. The molecule has 0 amide bonds. The Morgan fingerprint density at radius 1 is 1.39 bits per heavy atom. The molecule has 3 rings (SSSR count). The van der Waals surface area contributed by atoms with Gasteiger partial charge in [0.25, 0.3) is 0 Å². The van der Waals surface area contributed by atoms with Gasteiger partial charge in [-0.25, -0.2) is 0 Å². The first-order chi connectivity index (χ1) is 8.66. The van der Waals surface area contributed by atoms with Crippen molar-refractivity contribution in [3.8, 4) is 5.75 Å². The van der Waals surface area contributed by atoms with Crippen LogP contribution in [0.1, 0.15) is 30.4 Å². The van der Waals surface area contributed by atoms with Gasteiger partial charge >= 0.3 is 0 Å². The van der Waals surface area contributed by atoms with Crippen molar-refractivity contribution in [3.05, 3.63) is 40.4 Å². The molecule has 1 N–H and O–H groups in total. The van der Waals surface area contributed by atoms with Crippen LogP contribution < -0.4 is 4.74 Å². The van der Waals surface area contributed by atoms with Crippen LogP contribution in [0.25, 0.3) is 0 Å². The molecule has 1 heterocycles. The Morgan fingerprint density at radius 2 is 2.28 bits per heavy atom. The first-order valence-electron chi connectivity index (χ1n) is 6.50. The fraction of sp³-hybridized carbons (Fsp3) is 0.467. The van der Waals surface area contributed by atoms with Crippen molar-refractivity contribution in [1.29, 1.82) is 0 Å². The van der Waals surface area contributed by atoms with E-state index in [9.17, 15) is 5.11 Å². The lowest BCUT2D eigenvalue weighted by atomic mass is 9.85. The molecule has 1 aliphatic heterocycles. The Hall–Kier alpha value is -0.990. The molecule has 2 nitrogen and oxygen atoms in total. The minimum atomic E-state index is -0.733. The molecule has 1 unspecified atom stereocenters. The van der Waals surface area contributed by atoms with Gasteiger partial charge in [0.15, 0.2) is 0 Å². The number of rotatable bonds is 2. The maximum atomic E-state index is 10.6. The predicted molar refractivity (Wildman–Crippen MR) is 72.3 cm³/mol. The highest BCUT2D eigenvalue weighted by Crippen LogP contribution is 2.36. The molecular formula is C15H17ClO2. The number of hydrogen-bond donors (Lipinski definition) is 1. The maximum absolute atomic E-state index is 10.6. The zero-order valence-electron chi connectivity index (χ0n) is 10.3. The Bertz CT molecular complexity index is 496. The van der Waals surface area contributed by atoms with Crippen LogP contribution in [-0.4, -0.2) is 17.3 Å². The lowest BCUT2D eigenvalue weighted by Crippen LogP contribution is -2.30. The summed E-state index contributed by atoms with van der Waals surface area (Å²) in [5, 5.41) is 11.3. The monoisotopic (exact) mass is 264 g/mol. The lowest BCUT2D eigenvalue weighted by molar-refractivity contribution is 0.0744. The molecule has 0 fully saturated rings. The van der Waals surface area contributed by atoms with Crippen LogP contribution >= 0.6 is 11.6 Å². The molecule has 0 bridgehead atoms. The van der Waals surface area contributed by atoms with Crippen LogP contribution in [0.5, 0.6) is 5.75 Å². The smallest absolute Gasteiger partial charge is 0.126 e. The first kappa shape index (κ1) is 12.1. The summed E-state index contributed by atoms with van der Waals surface area (Å²) in [5.74, 6) is 0.937. The molecule has 18 heavy (non-hydrogen) atoms. The number of fused-ring (bicyclic) bond motifs is 1. The third kappa shape index (κ3) is 2.27. The van der Waals surface area contributed by atoms with Gasteiger partial charge in [0.2, 0.25) is 0 Å². The molecule has 2 aliphatic rings. The van der Waals surface area contributed by atoms with Crippen LogP contribution in [0.2, 0.25) is 5.02 Å². The highest BCUT2D eigenvalue weighted by Gasteiger charge is 2.29. The van der Waals surface area contributed by atoms with Crippen molar-refractivity contribution in [2.24, 2.45) is 0 Å². The van der Waals surface area contributed by atoms with E-state index in [1.54, 1.807) is 0 Å². The van der Waals surface area contributed by atoms with E-state index in [1.165, 1.54) is 5.56 Å². The second-order valence-electron chi connectivity index (χ2n) is 5.23. The third-order valence-electron chi connectivity index (χ3n) is 3.73. The molecule has 0 spiro atoms. The SMILES string of the molecule is OC1(Cc2cc(Cl)cc3c2OCC3)C=CCCC1. The lowest BCUT2D eigenvalue weighted by Gasteiger charge is -2.28. The molecule has 0 saturated carbocycles. The molecule has 0 saturated heterocycles. The normalized spacial score (nSPS) is 25.9. The predicted octanol–water partition coefficient (Wildman–Crippen LogP) is 3.29. The Morgan fingerprint density at radius 3 is 3.06 bits per heavy atom. The van der Waals surface area contributed by atoms with Gasteiger partial charge in [-0.2, -0.15) is 0 Å². The van der Waals surface area contributed by atoms with Gasteiger partial charge in [-0.15, -0.1) is 0 Å². The summed E-state index contributed by atoms with van der Waals surface area (Å²) in [5.41, 5.74) is 1.47. The van der Waals surface area contributed by atoms with E-state index in [1.807, 2.05) is 18.2 Å². The van der Waals surface area contributed by atoms with Crippen molar-refractivity contribution >= 4 is 11.6 Å². The molecular weight excluding hydrogens is 248 g/mol. The van der Waals surface area contributed by atoms with Crippen LogP contribution in [0.4, 0.5) is 0 Å². The van der Waals surface area contributed by atoms with Gasteiger partial charge in [-0.05, 0) is 42.5 Å². The van der Waals surface area contributed by atoms with E-state index in [-0.39, 0.29) is 0 Å². The second-order valence-corrected chi connectivity index (χ2v) is 5.66. The highest BCUT2D eigenvalue weighted by atomic mass is 35.5. The fourth-order valence-electron chi connectivity index (χ4n) is 2.87. The van der Waals surface area contributed by atoms with Crippen molar-refractivity contribution in [2.45, 2.75) is 37.7 Å². The largest absolute Gasteiger partial charge is 0.493 e. The number of benzene rings is 1. The van der Waals surface area contributed by atoms with Crippen LogP contribution in [0.3, 0.4) is 0 Å². The van der Waals surface area contributed by atoms with Crippen molar-refractivity contribution < 1.29 is 9.84 Å². The number of allylic oxidation sites excluding steroid dienone is 1. The zero-order valence-corrected chi connectivity index (χ0v) is 11.0. The molecule has 3 heteroatoms. The van der Waals surface area contributed by atoms with E-state index in [2.05, 4.69) is 6.08 Å². The van der Waals surface area contributed by atoms with Crippen molar-refractivity contribution in [3.63, 3.8) is 0 Å². The zero-order chi connectivity index (χ0) is 12.6. The molecule has 1 aromatic rings. The van der Waals surface area contributed by atoms with Gasteiger partial charge in [0, 0.05) is 17.9 Å². The summed E-state index contributed by atoms with van der Waals surface area (Å²) in [4.78, 5) is 0. The molecule has 1 aliphatic carbocycles. The number of halogens is 1. The quantitative estimate of drug-likeness (QED) is 0.831. The molecule has 0 radical (unpaired) electrons. The van der Waals surface area contributed by atoms with Gasteiger partial charge in [0.1, 0.15) is 5.75 Å². The average Bonchev–Trinajstić information content (AvgIpc) is 2.77. The summed E-state index contributed by atoms with van der Waals surface area (Å²) in [6.45, 7) is 0.719. The van der Waals surface area contributed by atoms with Gasteiger partial charge in [-0.3, -0.25) is 0 Å². The summed E-state index contributed by atoms with van der Waals surface area (Å²) in [6.07, 6.45) is 8.41. The summed E-state index contributed by atoms with van der Waals surface area (Å²) in [7, 11) is 0. The minimum absolute atomic E-state index is 0.590. The van der Waals surface area contributed by atoms with Crippen LogP contribution in [-0.2, 0) is 12.8 Å². The molecule has 96 valence electrons. The van der Waals surface area contributed by atoms with E-state index in [0.717, 1.165) is 48.6 Å². The second kappa shape index (κ2) is 4.60. The first-order valence-corrected chi connectivity index (χ1v) is 6.88. The summed E-state index contributed by atoms with van der Waals surface area (Å²) in [6, 6.07) is 3.89. The fourth-order valence-corrected chi connectivity index (χ4v) is 3.13. The molecule has 0 aromatic heterocycles. The minimum Gasteiger partial charge on any atom is -0.493 e. The van der Waals surface area contributed by atoms with E-state index in [0.29, 0.717) is 6.42 Å². The van der Waals surface area contributed by atoms with Crippen LogP contribution in [0, 0.1) is 0 Å². The third-order valence-corrected chi connectivity index (χ3v) is 3.95. The Balaban J connectivity index is 1.93. The van der Waals surface area contributed by atoms with Crippen molar-refractivity contribution in [1.82, 2.24) is 0 Å². The Kier molecular flexibility index (Phi) is 3.08. The number of aliphatic hydroxyl groups is 1. The van der Waals surface area contributed by atoms with Gasteiger partial charge < -0.3 is 9.84 Å². The van der Waals surface area contributed by atoms with Crippen LogP contribution in [0.15, 0.2) is 24.3 Å². The van der Waals surface area contributed by atoms with E-state index < -0.39 is 5.60 Å². The van der Waals surface area contributed by atoms with Crippen molar-refractivity contribution in [2.75, 3.05) is 6.61 Å². The number of ether oxygens (including phenoxy) is 1. The standard InChI is InChI=1S/C15H17ClO2/c16-13-8-11-4-7-18-14(11)12(9-13)10-15(17)5-2-1-3-6-15/h2,5,8-9,17H,1,3-4,6-7,10H2. The van der Waals surface area contributed by atoms with E-state index in [4.69, 9.17) is 16.3 Å².